The lowest BCUT2D eigenvalue weighted by Crippen LogP contribution is -2.13. The molecular formula is C11H8FN3O3. The Morgan fingerprint density at radius 3 is 2.72 bits per heavy atom. The maximum atomic E-state index is 13.3. The van der Waals surface area contributed by atoms with Gasteiger partial charge >= 0.3 is 5.97 Å². The molecule has 0 spiro atoms. The Morgan fingerprint density at radius 1 is 1.39 bits per heavy atom. The molecule has 0 bridgehead atoms. The highest BCUT2D eigenvalue weighted by Gasteiger charge is 2.12. The van der Waals surface area contributed by atoms with E-state index in [0.717, 1.165) is 12.1 Å². The summed E-state index contributed by atoms with van der Waals surface area (Å²) in [6, 6.07) is 3.33. The Kier molecular flexibility index (Phi) is 3.05. The number of carbonyl (C=O) groups is 2. The first kappa shape index (κ1) is 11.8. The van der Waals surface area contributed by atoms with Crippen LogP contribution in [0.2, 0.25) is 0 Å². The fourth-order valence-corrected chi connectivity index (χ4v) is 1.34. The van der Waals surface area contributed by atoms with Gasteiger partial charge < -0.3 is 15.4 Å². The minimum atomic E-state index is -1.36. The highest BCUT2D eigenvalue weighted by atomic mass is 19.1. The number of hydrogen-bond donors (Lipinski definition) is 3. The number of H-pyrrole nitrogens is 1. The first-order valence-electron chi connectivity index (χ1n) is 4.90. The number of imidazole rings is 1. The molecule has 0 aliphatic carbocycles. The van der Waals surface area contributed by atoms with E-state index in [2.05, 4.69) is 15.3 Å². The Morgan fingerprint density at radius 2 is 2.17 bits per heavy atom. The van der Waals surface area contributed by atoms with Gasteiger partial charge in [-0.15, -0.1) is 0 Å². The molecular weight excluding hydrogens is 241 g/mol. The number of amides is 1. The predicted molar refractivity (Wildman–Crippen MR) is 59.9 cm³/mol. The zero-order chi connectivity index (χ0) is 13.1. The highest BCUT2D eigenvalue weighted by Crippen LogP contribution is 2.15. The molecule has 1 heterocycles. The van der Waals surface area contributed by atoms with Gasteiger partial charge in [0, 0.05) is 5.69 Å². The lowest BCUT2D eigenvalue weighted by molar-refractivity contribution is 0.0692. The molecule has 3 N–H and O–H groups in total. The third-order valence-electron chi connectivity index (χ3n) is 2.20. The van der Waals surface area contributed by atoms with Crippen LogP contribution in [-0.2, 0) is 0 Å². The molecule has 92 valence electrons. The SMILES string of the molecule is O=C(Nc1ccc(C(=O)O)c(F)c1)c1cnc[nH]1. The van der Waals surface area contributed by atoms with E-state index in [1.165, 1.54) is 18.6 Å². The molecule has 0 radical (unpaired) electrons. The Labute approximate surface area is 100 Å². The fraction of sp³-hybridized carbons (Fsp3) is 0. The number of nitrogens with zero attached hydrogens (tertiary/aromatic N) is 1. The van der Waals surface area contributed by atoms with Gasteiger partial charge in [-0.05, 0) is 18.2 Å². The van der Waals surface area contributed by atoms with Crippen molar-refractivity contribution in [3.63, 3.8) is 0 Å². The van der Waals surface area contributed by atoms with E-state index in [9.17, 15) is 14.0 Å². The first-order valence-corrected chi connectivity index (χ1v) is 4.90. The van der Waals surface area contributed by atoms with Crippen LogP contribution in [-0.4, -0.2) is 27.0 Å². The number of nitrogens with one attached hydrogen (secondary N) is 2. The number of carboxylic acid groups (broad SMARTS) is 1. The van der Waals surface area contributed by atoms with Crippen molar-refractivity contribution >= 4 is 17.6 Å². The van der Waals surface area contributed by atoms with Crippen LogP contribution in [0.25, 0.3) is 0 Å². The number of rotatable bonds is 3. The van der Waals surface area contributed by atoms with E-state index in [4.69, 9.17) is 5.11 Å². The van der Waals surface area contributed by atoms with Crippen LogP contribution in [0.4, 0.5) is 10.1 Å². The third-order valence-corrected chi connectivity index (χ3v) is 2.20. The second-order valence-corrected chi connectivity index (χ2v) is 3.42. The Hall–Kier alpha value is -2.70. The molecule has 0 atom stereocenters. The molecule has 18 heavy (non-hydrogen) atoms. The minimum Gasteiger partial charge on any atom is -0.478 e. The summed E-state index contributed by atoms with van der Waals surface area (Å²) >= 11 is 0. The summed E-state index contributed by atoms with van der Waals surface area (Å²) in [6.07, 6.45) is 2.65. The molecule has 0 aliphatic heterocycles. The molecule has 0 unspecified atom stereocenters. The molecule has 1 aromatic carbocycles. The zero-order valence-corrected chi connectivity index (χ0v) is 8.98. The number of aromatic amines is 1. The van der Waals surface area contributed by atoms with Crippen molar-refractivity contribution in [1.29, 1.82) is 0 Å². The maximum Gasteiger partial charge on any atom is 0.338 e. The third kappa shape index (κ3) is 2.34. The normalized spacial score (nSPS) is 10.1. The largest absolute Gasteiger partial charge is 0.478 e. The minimum absolute atomic E-state index is 0.164. The van der Waals surface area contributed by atoms with Gasteiger partial charge in [-0.3, -0.25) is 4.79 Å². The molecule has 1 aromatic heterocycles. The van der Waals surface area contributed by atoms with Crippen LogP contribution < -0.4 is 5.32 Å². The summed E-state index contributed by atoms with van der Waals surface area (Å²) in [6.45, 7) is 0. The smallest absolute Gasteiger partial charge is 0.338 e. The monoisotopic (exact) mass is 249 g/mol. The average molecular weight is 249 g/mol. The van der Waals surface area contributed by atoms with Crippen molar-refractivity contribution in [2.24, 2.45) is 0 Å². The molecule has 1 amide bonds. The number of halogens is 1. The summed E-state index contributed by atoms with van der Waals surface area (Å²) < 4.78 is 13.3. The average Bonchev–Trinajstić information content (AvgIpc) is 2.81. The second kappa shape index (κ2) is 4.66. The maximum absolute atomic E-state index is 13.3. The van der Waals surface area contributed by atoms with E-state index in [0.29, 0.717) is 0 Å². The standard InChI is InChI=1S/C11H8FN3O3/c12-8-3-6(1-2-7(8)11(17)18)15-10(16)9-4-13-5-14-9/h1-5H,(H,13,14)(H,15,16)(H,17,18). The molecule has 6 nitrogen and oxygen atoms in total. The zero-order valence-electron chi connectivity index (χ0n) is 8.98. The first-order chi connectivity index (χ1) is 8.58. The van der Waals surface area contributed by atoms with Crippen LogP contribution in [0.1, 0.15) is 20.8 Å². The highest BCUT2D eigenvalue weighted by molar-refractivity contribution is 6.02. The summed E-state index contributed by atoms with van der Waals surface area (Å²) in [5, 5.41) is 11.1. The number of anilines is 1. The van der Waals surface area contributed by atoms with Gasteiger partial charge in [-0.2, -0.15) is 0 Å². The summed E-state index contributed by atoms with van der Waals surface area (Å²) in [4.78, 5) is 28.4. The van der Waals surface area contributed by atoms with Gasteiger partial charge in [0.05, 0.1) is 18.1 Å². The van der Waals surface area contributed by atoms with Crippen molar-refractivity contribution < 1.29 is 19.1 Å². The summed E-state index contributed by atoms with van der Waals surface area (Å²) in [5.74, 6) is -2.76. The quantitative estimate of drug-likeness (QED) is 0.768. The van der Waals surface area contributed by atoms with Crippen molar-refractivity contribution in [2.75, 3.05) is 5.32 Å². The van der Waals surface area contributed by atoms with Gasteiger partial charge in [0.1, 0.15) is 11.5 Å². The fourth-order valence-electron chi connectivity index (χ4n) is 1.34. The molecule has 2 rings (SSSR count). The van der Waals surface area contributed by atoms with Crippen molar-refractivity contribution in [1.82, 2.24) is 9.97 Å². The molecule has 0 fully saturated rings. The second-order valence-electron chi connectivity index (χ2n) is 3.42. The van der Waals surface area contributed by atoms with Gasteiger partial charge in [0.15, 0.2) is 0 Å². The Bertz CT molecular complexity index is 596. The number of carboxylic acids is 1. The van der Waals surface area contributed by atoms with Crippen molar-refractivity contribution in [3.05, 3.63) is 47.8 Å². The van der Waals surface area contributed by atoms with Gasteiger partial charge in [0.25, 0.3) is 5.91 Å². The van der Waals surface area contributed by atoms with Crippen LogP contribution in [0.15, 0.2) is 30.7 Å². The van der Waals surface area contributed by atoms with E-state index in [1.807, 2.05) is 0 Å². The molecule has 2 aromatic rings. The van der Waals surface area contributed by atoms with Crippen molar-refractivity contribution in [3.8, 4) is 0 Å². The lowest BCUT2D eigenvalue weighted by Gasteiger charge is -2.04. The topological polar surface area (TPSA) is 95.1 Å². The molecule has 0 aliphatic rings. The molecule has 0 saturated heterocycles. The van der Waals surface area contributed by atoms with Gasteiger partial charge in [-0.25, -0.2) is 14.2 Å². The summed E-state index contributed by atoms with van der Waals surface area (Å²) in [7, 11) is 0. The molecule has 0 saturated carbocycles. The number of carbonyl (C=O) groups excluding carboxylic acids is 1. The number of benzene rings is 1. The van der Waals surface area contributed by atoms with Crippen LogP contribution in [0.3, 0.4) is 0 Å². The van der Waals surface area contributed by atoms with Crippen LogP contribution in [0.5, 0.6) is 0 Å². The van der Waals surface area contributed by atoms with E-state index in [1.54, 1.807) is 0 Å². The number of aromatic carboxylic acids is 1. The molecule has 7 heteroatoms. The Balaban J connectivity index is 2.18. The lowest BCUT2D eigenvalue weighted by atomic mass is 10.2. The number of aromatic nitrogens is 2. The van der Waals surface area contributed by atoms with Crippen LogP contribution in [0, 0.1) is 5.82 Å². The van der Waals surface area contributed by atoms with Gasteiger partial charge in [0.2, 0.25) is 0 Å². The summed E-state index contributed by atoms with van der Waals surface area (Å²) in [5.41, 5.74) is -0.0654. The van der Waals surface area contributed by atoms with Crippen LogP contribution >= 0.6 is 0 Å². The van der Waals surface area contributed by atoms with E-state index < -0.39 is 23.3 Å². The van der Waals surface area contributed by atoms with Crippen molar-refractivity contribution in [2.45, 2.75) is 0 Å². The predicted octanol–water partition coefficient (Wildman–Crippen LogP) is 1.50. The van der Waals surface area contributed by atoms with E-state index >= 15 is 0 Å². The van der Waals surface area contributed by atoms with Gasteiger partial charge in [-0.1, -0.05) is 0 Å². The van der Waals surface area contributed by atoms with E-state index in [-0.39, 0.29) is 11.4 Å². The number of hydrogen-bond acceptors (Lipinski definition) is 3.